The number of amides is 1. The van der Waals surface area contributed by atoms with E-state index in [0.29, 0.717) is 17.1 Å². The molecule has 1 aromatic rings. The van der Waals surface area contributed by atoms with Gasteiger partial charge in [0.2, 0.25) is 0 Å². The lowest BCUT2D eigenvalue weighted by atomic mass is 10.1. The number of ether oxygens (including phenoxy) is 2. The van der Waals surface area contributed by atoms with Crippen LogP contribution in [0.4, 0.5) is 0 Å². The number of halogens is 1. The predicted octanol–water partition coefficient (Wildman–Crippen LogP) is 1.56. The Morgan fingerprint density at radius 1 is 1.32 bits per heavy atom. The van der Waals surface area contributed by atoms with Gasteiger partial charge in [-0.2, -0.15) is 0 Å². The van der Waals surface area contributed by atoms with Crippen LogP contribution >= 0.6 is 11.6 Å². The first-order valence-electron chi connectivity index (χ1n) is 7.43. The number of nitrogens with zero attached hydrogens (tertiary/aromatic N) is 1. The fraction of sp³-hybridized carbons (Fsp3) is 0.438. The maximum atomic E-state index is 12.2. The van der Waals surface area contributed by atoms with Crippen LogP contribution in [0.25, 0.3) is 6.08 Å². The minimum absolute atomic E-state index is 0.0844. The van der Waals surface area contributed by atoms with E-state index in [2.05, 4.69) is 10.2 Å². The first kappa shape index (κ1) is 15.3. The third-order valence-corrected chi connectivity index (χ3v) is 4.03. The molecule has 6 heteroatoms. The second-order valence-corrected chi connectivity index (χ2v) is 5.79. The average Bonchev–Trinajstić information content (AvgIpc) is 2.55. The van der Waals surface area contributed by atoms with E-state index in [1.54, 1.807) is 12.1 Å². The van der Waals surface area contributed by atoms with Crippen molar-refractivity contribution in [2.75, 3.05) is 46.0 Å². The van der Waals surface area contributed by atoms with E-state index < -0.39 is 0 Å². The Bertz CT molecular complexity index is 583. The number of hydrogen-bond donors (Lipinski definition) is 1. The number of nitrogens with one attached hydrogen (secondary N) is 1. The lowest BCUT2D eigenvalue weighted by Gasteiger charge is -2.26. The molecule has 1 amide bonds. The van der Waals surface area contributed by atoms with Gasteiger partial charge in [-0.05, 0) is 24.3 Å². The van der Waals surface area contributed by atoms with Gasteiger partial charge in [-0.15, -0.1) is 0 Å². The molecule has 0 spiro atoms. The number of benzene rings is 1. The van der Waals surface area contributed by atoms with Gasteiger partial charge in [0.25, 0.3) is 5.91 Å². The van der Waals surface area contributed by atoms with Crippen LogP contribution in [0.5, 0.6) is 5.75 Å². The molecular weight excluding hydrogens is 304 g/mol. The molecule has 3 rings (SSSR count). The van der Waals surface area contributed by atoms with E-state index in [1.165, 1.54) is 0 Å². The molecule has 2 aliphatic heterocycles. The zero-order valence-corrected chi connectivity index (χ0v) is 13.1. The third-order valence-electron chi connectivity index (χ3n) is 3.79. The van der Waals surface area contributed by atoms with E-state index in [-0.39, 0.29) is 12.5 Å². The number of hydrogen-bond acceptors (Lipinski definition) is 4. The number of fused-ring (bicyclic) bond motifs is 1. The topological polar surface area (TPSA) is 50.8 Å². The highest BCUT2D eigenvalue weighted by atomic mass is 35.5. The molecule has 0 aliphatic carbocycles. The zero-order valence-electron chi connectivity index (χ0n) is 12.3. The van der Waals surface area contributed by atoms with E-state index in [1.807, 2.05) is 12.1 Å². The molecule has 0 bridgehead atoms. The molecule has 1 fully saturated rings. The minimum Gasteiger partial charge on any atom is -0.488 e. The van der Waals surface area contributed by atoms with Crippen molar-refractivity contribution in [2.45, 2.75) is 0 Å². The largest absolute Gasteiger partial charge is 0.488 e. The molecule has 2 aliphatic rings. The summed E-state index contributed by atoms with van der Waals surface area (Å²) in [5, 5.41) is 3.57. The molecule has 1 N–H and O–H groups in total. The molecule has 0 aromatic heterocycles. The summed E-state index contributed by atoms with van der Waals surface area (Å²) in [6, 6.07) is 5.40. The standard InChI is InChI=1S/C16H19ClN2O3/c17-14-1-2-15-12(10-14)9-13(11-22-15)16(20)18-3-4-19-5-7-21-8-6-19/h1-2,9-10H,3-8,11H2,(H,18,20). The highest BCUT2D eigenvalue weighted by Gasteiger charge is 2.17. The van der Waals surface area contributed by atoms with Gasteiger partial charge in [0.1, 0.15) is 12.4 Å². The van der Waals surface area contributed by atoms with E-state index in [9.17, 15) is 4.79 Å². The Balaban J connectivity index is 1.54. The van der Waals surface area contributed by atoms with Crippen molar-refractivity contribution in [1.29, 1.82) is 0 Å². The Morgan fingerprint density at radius 3 is 2.95 bits per heavy atom. The van der Waals surface area contributed by atoms with Gasteiger partial charge in [-0.1, -0.05) is 11.6 Å². The summed E-state index contributed by atoms with van der Waals surface area (Å²) in [5.41, 5.74) is 1.47. The Labute approximate surface area is 134 Å². The van der Waals surface area contributed by atoms with Gasteiger partial charge < -0.3 is 14.8 Å². The molecule has 0 atom stereocenters. The van der Waals surface area contributed by atoms with Crippen LogP contribution in [0.3, 0.4) is 0 Å². The highest BCUT2D eigenvalue weighted by Crippen LogP contribution is 2.28. The Morgan fingerprint density at radius 2 is 2.14 bits per heavy atom. The second-order valence-electron chi connectivity index (χ2n) is 5.35. The zero-order chi connectivity index (χ0) is 15.4. The van der Waals surface area contributed by atoms with Crippen LogP contribution < -0.4 is 10.1 Å². The van der Waals surface area contributed by atoms with Crippen LogP contribution in [0.15, 0.2) is 23.8 Å². The third kappa shape index (κ3) is 3.80. The first-order chi connectivity index (χ1) is 10.7. The van der Waals surface area contributed by atoms with E-state index in [0.717, 1.165) is 44.2 Å². The first-order valence-corrected chi connectivity index (χ1v) is 7.81. The van der Waals surface area contributed by atoms with Gasteiger partial charge in [0.15, 0.2) is 0 Å². The summed E-state index contributed by atoms with van der Waals surface area (Å²) in [5.74, 6) is 0.674. The summed E-state index contributed by atoms with van der Waals surface area (Å²) in [4.78, 5) is 14.5. The molecule has 0 saturated carbocycles. The van der Waals surface area contributed by atoms with Gasteiger partial charge in [-0.3, -0.25) is 9.69 Å². The van der Waals surface area contributed by atoms with Crippen molar-refractivity contribution in [2.24, 2.45) is 0 Å². The molecule has 1 aromatic carbocycles. The van der Waals surface area contributed by atoms with E-state index in [4.69, 9.17) is 21.1 Å². The van der Waals surface area contributed by atoms with Crippen molar-refractivity contribution in [3.8, 4) is 5.75 Å². The summed E-state index contributed by atoms with van der Waals surface area (Å²) in [7, 11) is 0. The average molecular weight is 323 g/mol. The fourth-order valence-electron chi connectivity index (χ4n) is 2.55. The number of morpholine rings is 1. The van der Waals surface area contributed by atoms with Crippen molar-refractivity contribution in [3.05, 3.63) is 34.4 Å². The Kier molecular flexibility index (Phi) is 4.97. The van der Waals surface area contributed by atoms with Crippen LogP contribution in [0.2, 0.25) is 5.02 Å². The fourth-order valence-corrected chi connectivity index (χ4v) is 2.73. The smallest absolute Gasteiger partial charge is 0.250 e. The number of carbonyl (C=O) groups excluding carboxylic acids is 1. The molecule has 118 valence electrons. The van der Waals surface area contributed by atoms with Gasteiger partial charge in [-0.25, -0.2) is 0 Å². The van der Waals surface area contributed by atoms with E-state index >= 15 is 0 Å². The summed E-state index contributed by atoms with van der Waals surface area (Å²) >= 11 is 5.97. The summed E-state index contributed by atoms with van der Waals surface area (Å²) in [6.45, 7) is 5.14. The van der Waals surface area contributed by atoms with Crippen LogP contribution in [0, 0.1) is 0 Å². The SMILES string of the molecule is O=C(NCCN1CCOCC1)C1=Cc2cc(Cl)ccc2OC1. The van der Waals surface area contributed by atoms with Crippen LogP contribution in [0.1, 0.15) is 5.56 Å². The van der Waals surface area contributed by atoms with Crippen LogP contribution in [-0.4, -0.2) is 56.8 Å². The van der Waals surface area contributed by atoms with Crippen molar-refractivity contribution in [3.63, 3.8) is 0 Å². The van der Waals surface area contributed by atoms with Gasteiger partial charge in [0.05, 0.1) is 18.8 Å². The summed E-state index contributed by atoms with van der Waals surface area (Å²) in [6.07, 6.45) is 1.84. The molecule has 5 nitrogen and oxygen atoms in total. The minimum atomic E-state index is -0.0844. The number of carbonyl (C=O) groups is 1. The lowest BCUT2D eigenvalue weighted by molar-refractivity contribution is -0.117. The highest BCUT2D eigenvalue weighted by molar-refractivity contribution is 6.30. The molecule has 1 saturated heterocycles. The number of rotatable bonds is 4. The monoisotopic (exact) mass is 322 g/mol. The van der Waals surface area contributed by atoms with Gasteiger partial charge in [0, 0.05) is 36.8 Å². The summed E-state index contributed by atoms with van der Waals surface area (Å²) < 4.78 is 10.9. The Hall–Kier alpha value is -1.56. The van der Waals surface area contributed by atoms with Crippen molar-refractivity contribution in [1.82, 2.24) is 10.2 Å². The molecule has 0 unspecified atom stereocenters. The van der Waals surface area contributed by atoms with Crippen molar-refractivity contribution >= 4 is 23.6 Å². The lowest BCUT2D eigenvalue weighted by Crippen LogP contribution is -2.41. The molecule has 0 radical (unpaired) electrons. The van der Waals surface area contributed by atoms with Crippen LogP contribution in [-0.2, 0) is 9.53 Å². The normalized spacial score (nSPS) is 18.1. The maximum absolute atomic E-state index is 12.2. The van der Waals surface area contributed by atoms with Gasteiger partial charge >= 0.3 is 0 Å². The molecular formula is C16H19ClN2O3. The quantitative estimate of drug-likeness (QED) is 0.914. The second kappa shape index (κ2) is 7.13. The van der Waals surface area contributed by atoms with Crippen molar-refractivity contribution < 1.29 is 14.3 Å². The maximum Gasteiger partial charge on any atom is 0.250 e. The molecule has 22 heavy (non-hydrogen) atoms. The molecule has 2 heterocycles. The predicted molar refractivity (Wildman–Crippen MR) is 85.2 cm³/mol.